The number of nitrogens with one attached hydrogen (secondary N) is 1. The van der Waals surface area contributed by atoms with E-state index in [-0.39, 0.29) is 5.91 Å². The summed E-state index contributed by atoms with van der Waals surface area (Å²) < 4.78 is 0. The van der Waals surface area contributed by atoms with Crippen molar-refractivity contribution in [1.29, 1.82) is 0 Å². The predicted octanol–water partition coefficient (Wildman–Crippen LogP) is 3.53. The first kappa shape index (κ1) is 13.6. The third-order valence-corrected chi connectivity index (χ3v) is 3.06. The van der Waals surface area contributed by atoms with Gasteiger partial charge in [-0.05, 0) is 37.3 Å². The highest BCUT2D eigenvalue weighted by molar-refractivity contribution is 6.34. The van der Waals surface area contributed by atoms with Gasteiger partial charge in [-0.25, -0.2) is 4.98 Å². The van der Waals surface area contributed by atoms with Gasteiger partial charge in [-0.3, -0.25) is 4.79 Å². The van der Waals surface area contributed by atoms with Gasteiger partial charge in [-0.15, -0.1) is 0 Å². The lowest BCUT2D eigenvalue weighted by molar-refractivity contribution is 0.102. The summed E-state index contributed by atoms with van der Waals surface area (Å²) in [4.78, 5) is 16.1. The second-order valence-corrected chi connectivity index (χ2v) is 4.75. The first-order chi connectivity index (χ1) is 8.97. The summed E-state index contributed by atoms with van der Waals surface area (Å²) in [5, 5.41) is 3.41. The lowest BCUT2D eigenvalue weighted by atomic mass is 10.2. The van der Waals surface area contributed by atoms with Crippen molar-refractivity contribution < 1.29 is 4.79 Å². The van der Waals surface area contributed by atoms with E-state index in [0.717, 1.165) is 0 Å². The molecule has 0 saturated heterocycles. The molecule has 0 saturated carbocycles. The number of rotatable bonds is 2. The lowest BCUT2D eigenvalue weighted by Crippen LogP contribution is -2.13. The molecule has 0 aliphatic heterocycles. The molecule has 0 unspecified atom stereocenters. The summed E-state index contributed by atoms with van der Waals surface area (Å²) in [6.07, 6.45) is 0. The number of nitrogens with two attached hydrogens (primary N) is 1. The van der Waals surface area contributed by atoms with Crippen molar-refractivity contribution in [1.82, 2.24) is 4.98 Å². The molecule has 4 nitrogen and oxygen atoms in total. The maximum Gasteiger partial charge on any atom is 0.257 e. The van der Waals surface area contributed by atoms with Crippen LogP contribution < -0.4 is 11.1 Å². The Balaban J connectivity index is 2.25. The Hall–Kier alpha value is -1.78. The molecule has 0 radical (unpaired) electrons. The topological polar surface area (TPSA) is 68.0 Å². The number of aryl methyl sites for hydroxylation is 1. The number of nitrogen functional groups attached to an aromatic ring is 1. The Morgan fingerprint density at radius 1 is 1.26 bits per heavy atom. The largest absolute Gasteiger partial charge is 0.399 e. The van der Waals surface area contributed by atoms with Crippen molar-refractivity contribution in [3.8, 4) is 0 Å². The Labute approximate surface area is 120 Å². The number of benzene rings is 1. The molecule has 0 fully saturated rings. The van der Waals surface area contributed by atoms with Crippen molar-refractivity contribution in [3.05, 3.63) is 51.8 Å². The van der Waals surface area contributed by atoms with Crippen LogP contribution in [-0.4, -0.2) is 10.9 Å². The van der Waals surface area contributed by atoms with Crippen LogP contribution in [0.4, 0.5) is 11.4 Å². The Morgan fingerprint density at radius 2 is 2.00 bits per heavy atom. The van der Waals surface area contributed by atoms with Crippen molar-refractivity contribution in [3.63, 3.8) is 0 Å². The highest BCUT2D eigenvalue weighted by atomic mass is 35.5. The van der Waals surface area contributed by atoms with E-state index in [4.69, 9.17) is 28.9 Å². The molecule has 1 heterocycles. The highest BCUT2D eigenvalue weighted by Gasteiger charge is 2.12. The van der Waals surface area contributed by atoms with Crippen LogP contribution >= 0.6 is 23.2 Å². The van der Waals surface area contributed by atoms with Crippen molar-refractivity contribution in [2.45, 2.75) is 6.92 Å². The van der Waals surface area contributed by atoms with E-state index < -0.39 is 0 Å². The molecule has 0 bridgehead atoms. The fraction of sp³-hybridized carbons (Fsp3) is 0.0769. The van der Waals surface area contributed by atoms with Gasteiger partial charge in [-0.2, -0.15) is 0 Å². The van der Waals surface area contributed by atoms with E-state index in [9.17, 15) is 4.79 Å². The van der Waals surface area contributed by atoms with E-state index in [1.807, 2.05) is 0 Å². The zero-order valence-corrected chi connectivity index (χ0v) is 11.6. The second-order valence-electron chi connectivity index (χ2n) is 3.96. The van der Waals surface area contributed by atoms with Gasteiger partial charge in [0.1, 0.15) is 5.15 Å². The van der Waals surface area contributed by atoms with E-state index in [1.165, 1.54) is 6.07 Å². The third-order valence-electron chi connectivity index (χ3n) is 2.54. The molecule has 2 aromatic rings. The number of aromatic nitrogens is 1. The molecular weight excluding hydrogens is 285 g/mol. The molecule has 2 rings (SSSR count). The number of carbonyl (C=O) groups is 1. The summed E-state index contributed by atoms with van der Waals surface area (Å²) >= 11 is 11.7. The van der Waals surface area contributed by atoms with Crippen LogP contribution in [-0.2, 0) is 0 Å². The molecule has 0 atom stereocenters. The second kappa shape index (κ2) is 5.47. The van der Waals surface area contributed by atoms with Crippen LogP contribution in [0.5, 0.6) is 0 Å². The first-order valence-electron chi connectivity index (χ1n) is 5.47. The number of hydrogen-bond donors (Lipinski definition) is 2. The van der Waals surface area contributed by atoms with E-state index >= 15 is 0 Å². The average Bonchev–Trinajstić information content (AvgIpc) is 2.32. The quantitative estimate of drug-likeness (QED) is 0.658. The lowest BCUT2D eigenvalue weighted by Gasteiger charge is -2.09. The summed E-state index contributed by atoms with van der Waals surface area (Å²) in [6.45, 7) is 1.76. The van der Waals surface area contributed by atoms with Crippen molar-refractivity contribution >= 4 is 40.5 Å². The van der Waals surface area contributed by atoms with Gasteiger partial charge in [0.15, 0.2) is 0 Å². The molecule has 6 heteroatoms. The van der Waals surface area contributed by atoms with Crippen LogP contribution in [0.1, 0.15) is 16.1 Å². The average molecular weight is 296 g/mol. The maximum atomic E-state index is 12.1. The zero-order valence-electron chi connectivity index (χ0n) is 10.1. The molecule has 1 amide bonds. The molecule has 1 aromatic carbocycles. The summed E-state index contributed by atoms with van der Waals surface area (Å²) in [6, 6.07) is 8.02. The number of amides is 1. The molecule has 19 heavy (non-hydrogen) atoms. The summed E-state index contributed by atoms with van der Waals surface area (Å²) in [5.41, 5.74) is 7.66. The van der Waals surface area contributed by atoms with Crippen LogP contribution in [0.25, 0.3) is 0 Å². The number of halogens is 2. The van der Waals surface area contributed by atoms with Gasteiger partial charge in [0.2, 0.25) is 0 Å². The SMILES string of the molecule is Cc1nc(Cl)ccc1NC(=O)c1ccc(N)cc1Cl. The standard InChI is InChI=1S/C13H11Cl2N3O/c1-7-11(4-5-12(15)17-7)18-13(19)9-3-2-8(16)6-10(9)14/h2-6H,16H2,1H3,(H,18,19). The fourth-order valence-electron chi connectivity index (χ4n) is 1.57. The molecule has 0 spiro atoms. The van der Waals surface area contributed by atoms with Gasteiger partial charge >= 0.3 is 0 Å². The molecule has 3 N–H and O–H groups in total. The minimum atomic E-state index is -0.322. The normalized spacial score (nSPS) is 10.3. The summed E-state index contributed by atoms with van der Waals surface area (Å²) in [7, 11) is 0. The van der Waals surface area contributed by atoms with E-state index in [1.54, 1.807) is 31.2 Å². The first-order valence-corrected chi connectivity index (χ1v) is 6.22. The smallest absolute Gasteiger partial charge is 0.257 e. The van der Waals surface area contributed by atoms with Gasteiger partial charge in [0.25, 0.3) is 5.91 Å². The van der Waals surface area contributed by atoms with Crippen LogP contribution in [0, 0.1) is 6.92 Å². The number of anilines is 2. The molecule has 0 aliphatic carbocycles. The van der Waals surface area contributed by atoms with Gasteiger partial charge < -0.3 is 11.1 Å². The van der Waals surface area contributed by atoms with Crippen LogP contribution in [0.2, 0.25) is 10.2 Å². The Kier molecular flexibility index (Phi) is 3.93. The number of hydrogen-bond acceptors (Lipinski definition) is 3. The minimum Gasteiger partial charge on any atom is -0.399 e. The van der Waals surface area contributed by atoms with Gasteiger partial charge in [0, 0.05) is 5.69 Å². The van der Waals surface area contributed by atoms with Crippen LogP contribution in [0.3, 0.4) is 0 Å². The molecule has 0 aliphatic rings. The summed E-state index contributed by atoms with van der Waals surface area (Å²) in [5.74, 6) is -0.322. The van der Waals surface area contributed by atoms with Crippen molar-refractivity contribution in [2.75, 3.05) is 11.1 Å². The van der Waals surface area contributed by atoms with E-state index in [0.29, 0.717) is 32.8 Å². The molecule has 1 aromatic heterocycles. The number of nitrogens with zero attached hydrogens (tertiary/aromatic N) is 1. The third kappa shape index (κ3) is 3.16. The van der Waals surface area contributed by atoms with Gasteiger partial charge in [0.05, 0.1) is 22.0 Å². The zero-order chi connectivity index (χ0) is 14.0. The van der Waals surface area contributed by atoms with Crippen molar-refractivity contribution in [2.24, 2.45) is 0 Å². The predicted molar refractivity (Wildman–Crippen MR) is 77.8 cm³/mol. The van der Waals surface area contributed by atoms with Gasteiger partial charge in [-0.1, -0.05) is 23.2 Å². The Bertz CT molecular complexity index is 644. The Morgan fingerprint density at radius 3 is 2.63 bits per heavy atom. The monoisotopic (exact) mass is 295 g/mol. The fourth-order valence-corrected chi connectivity index (χ4v) is 2.03. The van der Waals surface area contributed by atoms with Crippen LogP contribution in [0.15, 0.2) is 30.3 Å². The highest BCUT2D eigenvalue weighted by Crippen LogP contribution is 2.22. The van der Waals surface area contributed by atoms with E-state index in [2.05, 4.69) is 10.3 Å². The maximum absolute atomic E-state index is 12.1. The minimum absolute atomic E-state index is 0.303. The number of carbonyl (C=O) groups excluding carboxylic acids is 1. The molecule has 98 valence electrons. The molecular formula is C13H11Cl2N3O. The number of pyridine rings is 1.